The van der Waals surface area contributed by atoms with Gasteiger partial charge in [-0.25, -0.2) is 0 Å². The lowest BCUT2D eigenvalue weighted by molar-refractivity contribution is -0.129. The average molecular weight is 354 g/mol. The molecular weight excluding hydrogens is 336 g/mol. The Hall–Kier alpha value is -1.65. The van der Waals surface area contributed by atoms with Crippen molar-refractivity contribution in [3.8, 4) is 0 Å². The number of thioether (sulfide) groups is 1. The summed E-state index contributed by atoms with van der Waals surface area (Å²) < 4.78 is 2.57. The van der Waals surface area contributed by atoms with Gasteiger partial charge >= 0.3 is 0 Å². The fourth-order valence-corrected chi connectivity index (χ4v) is 3.91. The first kappa shape index (κ1) is 16.2. The summed E-state index contributed by atoms with van der Waals surface area (Å²) in [7, 11) is 0. The molecule has 0 fully saturated rings. The third kappa shape index (κ3) is 3.65. The zero-order valence-electron chi connectivity index (χ0n) is 12.7. The van der Waals surface area contributed by atoms with Crippen molar-refractivity contribution in [3.63, 3.8) is 0 Å². The van der Waals surface area contributed by atoms with Crippen molar-refractivity contribution in [3.05, 3.63) is 17.5 Å². The summed E-state index contributed by atoms with van der Waals surface area (Å²) in [6.07, 6.45) is 0.0800. The standard InChI is InChI=1S/C13H18N6O2S2/c1-2-10(20)9-5-8-6-18(3-4-19(8)17-9)11(21)7-22-13-16-15-12(14)23-13/h5,10,20H,2-4,6-7H2,1H3,(H2,14,15)/t10-/m0/s1. The Morgan fingerprint density at radius 1 is 1.52 bits per heavy atom. The van der Waals surface area contributed by atoms with Crippen LogP contribution in [0.2, 0.25) is 0 Å². The van der Waals surface area contributed by atoms with Crippen LogP contribution in [0, 0.1) is 0 Å². The molecule has 8 nitrogen and oxygen atoms in total. The minimum absolute atomic E-state index is 0.0498. The summed E-state index contributed by atoms with van der Waals surface area (Å²) in [5.74, 6) is 0.363. The molecule has 1 atom stereocenters. The van der Waals surface area contributed by atoms with Gasteiger partial charge in [-0.2, -0.15) is 5.10 Å². The lowest BCUT2D eigenvalue weighted by atomic mass is 10.2. The third-order valence-corrected chi connectivity index (χ3v) is 5.51. The number of carbonyl (C=O) groups excluding carboxylic acids is 1. The van der Waals surface area contributed by atoms with E-state index in [1.54, 1.807) is 4.90 Å². The molecule has 3 heterocycles. The zero-order valence-corrected chi connectivity index (χ0v) is 14.3. The first-order valence-corrected chi connectivity index (χ1v) is 9.11. The Morgan fingerprint density at radius 3 is 3.04 bits per heavy atom. The first-order chi connectivity index (χ1) is 11.1. The van der Waals surface area contributed by atoms with Crippen LogP contribution >= 0.6 is 23.1 Å². The number of hydrogen-bond acceptors (Lipinski definition) is 8. The van der Waals surface area contributed by atoms with Gasteiger partial charge in [-0.1, -0.05) is 30.0 Å². The lowest BCUT2D eigenvalue weighted by Gasteiger charge is -2.27. The summed E-state index contributed by atoms with van der Waals surface area (Å²) in [5, 5.41) is 22.3. The molecule has 0 bridgehead atoms. The second-order valence-corrected chi connectivity index (χ2v) is 7.45. The first-order valence-electron chi connectivity index (χ1n) is 7.31. The van der Waals surface area contributed by atoms with Crippen LogP contribution in [0.25, 0.3) is 0 Å². The maximum absolute atomic E-state index is 12.3. The van der Waals surface area contributed by atoms with Crippen molar-refractivity contribution in [2.75, 3.05) is 18.0 Å². The molecule has 1 aliphatic heterocycles. The maximum atomic E-state index is 12.3. The molecule has 3 rings (SSSR count). The van der Waals surface area contributed by atoms with Gasteiger partial charge in [0.25, 0.3) is 0 Å². The van der Waals surface area contributed by atoms with Gasteiger partial charge < -0.3 is 15.7 Å². The number of aromatic nitrogens is 4. The van der Waals surface area contributed by atoms with Gasteiger partial charge in [0.1, 0.15) is 0 Å². The van der Waals surface area contributed by atoms with Gasteiger partial charge in [0.2, 0.25) is 11.0 Å². The Labute approximate surface area is 141 Å². The van der Waals surface area contributed by atoms with Crippen LogP contribution in [0.4, 0.5) is 5.13 Å². The molecule has 2 aromatic rings. The molecule has 23 heavy (non-hydrogen) atoms. The van der Waals surface area contributed by atoms with Gasteiger partial charge in [-0.3, -0.25) is 9.48 Å². The lowest BCUT2D eigenvalue weighted by Crippen LogP contribution is -2.39. The van der Waals surface area contributed by atoms with E-state index < -0.39 is 6.10 Å². The van der Waals surface area contributed by atoms with E-state index in [2.05, 4.69) is 15.3 Å². The molecule has 1 amide bonds. The predicted molar refractivity (Wildman–Crippen MR) is 87.9 cm³/mol. The minimum Gasteiger partial charge on any atom is -0.387 e. The topological polar surface area (TPSA) is 110 Å². The number of amides is 1. The third-order valence-electron chi connectivity index (χ3n) is 3.64. The number of anilines is 1. The van der Waals surface area contributed by atoms with E-state index in [0.29, 0.717) is 47.0 Å². The van der Waals surface area contributed by atoms with Crippen LogP contribution in [0.15, 0.2) is 10.4 Å². The van der Waals surface area contributed by atoms with Crippen molar-refractivity contribution in [2.24, 2.45) is 0 Å². The predicted octanol–water partition coefficient (Wildman–Crippen LogP) is 0.895. The van der Waals surface area contributed by atoms with Crippen molar-refractivity contribution in [1.29, 1.82) is 0 Å². The number of fused-ring (bicyclic) bond motifs is 1. The van der Waals surface area contributed by atoms with Gasteiger partial charge in [-0.05, 0) is 12.5 Å². The molecule has 0 aromatic carbocycles. The van der Waals surface area contributed by atoms with E-state index >= 15 is 0 Å². The average Bonchev–Trinajstić information content (AvgIpc) is 3.16. The Bertz CT molecular complexity index is 700. The highest BCUT2D eigenvalue weighted by Gasteiger charge is 2.23. The van der Waals surface area contributed by atoms with E-state index in [1.807, 2.05) is 17.7 Å². The summed E-state index contributed by atoms with van der Waals surface area (Å²) in [4.78, 5) is 14.1. The van der Waals surface area contributed by atoms with Crippen molar-refractivity contribution in [1.82, 2.24) is 24.9 Å². The molecule has 3 N–H and O–H groups in total. The van der Waals surface area contributed by atoms with Crippen LogP contribution in [0.3, 0.4) is 0 Å². The largest absolute Gasteiger partial charge is 0.387 e. The van der Waals surface area contributed by atoms with Gasteiger partial charge in [-0.15, -0.1) is 10.2 Å². The summed E-state index contributed by atoms with van der Waals surface area (Å²) in [6, 6.07) is 1.88. The van der Waals surface area contributed by atoms with Crippen molar-refractivity contribution >= 4 is 34.1 Å². The van der Waals surface area contributed by atoms with Crippen molar-refractivity contribution in [2.45, 2.75) is 36.9 Å². The number of rotatable bonds is 5. The Morgan fingerprint density at radius 2 is 2.35 bits per heavy atom. The van der Waals surface area contributed by atoms with E-state index in [0.717, 1.165) is 5.69 Å². The minimum atomic E-state index is -0.546. The number of aliphatic hydroxyl groups is 1. The zero-order chi connectivity index (χ0) is 16.4. The van der Waals surface area contributed by atoms with Gasteiger partial charge in [0.05, 0.1) is 36.3 Å². The molecule has 124 valence electrons. The molecule has 2 aromatic heterocycles. The number of nitrogens with two attached hydrogens (primary N) is 1. The molecular formula is C13H18N6O2S2. The molecule has 0 radical (unpaired) electrons. The number of aliphatic hydroxyl groups excluding tert-OH is 1. The van der Waals surface area contributed by atoms with E-state index in [1.165, 1.54) is 23.1 Å². The molecule has 0 saturated carbocycles. The molecule has 0 saturated heterocycles. The molecule has 10 heteroatoms. The van der Waals surface area contributed by atoms with Crippen molar-refractivity contribution < 1.29 is 9.90 Å². The second kappa shape index (κ2) is 6.85. The van der Waals surface area contributed by atoms with Crippen LogP contribution in [-0.2, 0) is 17.9 Å². The highest BCUT2D eigenvalue weighted by Crippen LogP contribution is 2.25. The molecule has 0 aliphatic carbocycles. The number of carbonyl (C=O) groups is 1. The van der Waals surface area contributed by atoms with E-state index in [9.17, 15) is 9.90 Å². The number of nitrogens with zero attached hydrogens (tertiary/aromatic N) is 5. The highest BCUT2D eigenvalue weighted by atomic mass is 32.2. The van der Waals surface area contributed by atoms with Gasteiger partial charge in [0.15, 0.2) is 4.34 Å². The Kier molecular flexibility index (Phi) is 4.83. The van der Waals surface area contributed by atoms with Crippen LogP contribution in [0.1, 0.15) is 30.8 Å². The molecule has 0 unspecified atom stereocenters. The summed E-state index contributed by atoms with van der Waals surface area (Å²) in [6.45, 7) is 3.69. The quantitative estimate of drug-likeness (QED) is 0.767. The normalized spacial score (nSPS) is 15.5. The van der Waals surface area contributed by atoms with Gasteiger partial charge in [0, 0.05) is 6.54 Å². The highest BCUT2D eigenvalue weighted by molar-refractivity contribution is 8.01. The monoisotopic (exact) mass is 354 g/mol. The second-order valence-electron chi connectivity index (χ2n) is 5.22. The summed E-state index contributed by atoms with van der Waals surface area (Å²) >= 11 is 2.63. The van der Waals surface area contributed by atoms with Crippen LogP contribution in [0.5, 0.6) is 0 Å². The van der Waals surface area contributed by atoms with Crippen LogP contribution in [-0.4, -0.2) is 48.2 Å². The summed E-state index contributed by atoms with van der Waals surface area (Å²) in [5.41, 5.74) is 7.16. The molecule has 0 spiro atoms. The fraction of sp³-hybridized carbons (Fsp3) is 0.538. The van der Waals surface area contributed by atoms with E-state index in [-0.39, 0.29) is 5.91 Å². The smallest absolute Gasteiger partial charge is 0.233 e. The SMILES string of the molecule is CC[C@H](O)c1cc2n(n1)CCN(C(=O)CSc1nnc(N)s1)C2. The maximum Gasteiger partial charge on any atom is 0.233 e. The Balaban J connectivity index is 1.60. The van der Waals surface area contributed by atoms with Crippen LogP contribution < -0.4 is 5.73 Å². The fourth-order valence-electron chi connectivity index (χ4n) is 2.37. The number of nitrogen functional groups attached to an aromatic ring is 1. The number of hydrogen-bond donors (Lipinski definition) is 2. The molecule has 1 aliphatic rings. The van der Waals surface area contributed by atoms with E-state index in [4.69, 9.17) is 5.73 Å².